The molecule has 1 atom stereocenters. The van der Waals surface area contributed by atoms with Gasteiger partial charge in [0.25, 0.3) is 0 Å². The molecule has 4 heteroatoms. The highest BCUT2D eigenvalue weighted by Crippen LogP contribution is 2.25. The van der Waals surface area contributed by atoms with Gasteiger partial charge in [0, 0.05) is 32.7 Å². The van der Waals surface area contributed by atoms with Crippen molar-refractivity contribution in [2.75, 3.05) is 39.3 Å². The van der Waals surface area contributed by atoms with Crippen LogP contribution < -0.4 is 10.1 Å². The highest BCUT2D eigenvalue weighted by Gasteiger charge is 2.15. The quantitative estimate of drug-likeness (QED) is 0.812. The summed E-state index contributed by atoms with van der Waals surface area (Å²) in [5.41, 5.74) is 2.13. The molecule has 1 aromatic carbocycles. The molecular weight excluding hydrogens is 276 g/mol. The minimum atomic E-state index is -0.394. The predicted octanol–water partition coefficient (Wildman–Crippen LogP) is 2.36. The van der Waals surface area contributed by atoms with Crippen LogP contribution in [0.15, 0.2) is 18.2 Å². The highest BCUT2D eigenvalue weighted by molar-refractivity contribution is 5.36. The Morgan fingerprint density at radius 1 is 1.27 bits per heavy atom. The van der Waals surface area contributed by atoms with Gasteiger partial charge in [0.05, 0.1) is 12.7 Å². The van der Waals surface area contributed by atoms with E-state index in [4.69, 9.17) is 4.74 Å². The van der Waals surface area contributed by atoms with E-state index in [0.29, 0.717) is 5.92 Å². The minimum Gasteiger partial charge on any atom is -0.493 e. The molecule has 4 nitrogen and oxygen atoms in total. The Bertz CT molecular complexity index is 456. The fraction of sp³-hybridized carbons (Fsp3) is 0.667. The lowest BCUT2D eigenvalue weighted by Crippen LogP contribution is -2.44. The Hall–Kier alpha value is -1.10. The third kappa shape index (κ3) is 5.27. The third-order valence-corrected chi connectivity index (χ3v) is 4.11. The van der Waals surface area contributed by atoms with Crippen molar-refractivity contribution in [3.8, 4) is 5.75 Å². The summed E-state index contributed by atoms with van der Waals surface area (Å²) in [5, 5.41) is 13.8. The zero-order chi connectivity index (χ0) is 15.9. The van der Waals surface area contributed by atoms with Crippen LogP contribution in [0.2, 0.25) is 0 Å². The molecule has 1 aliphatic heterocycles. The number of ether oxygens (including phenoxy) is 1. The molecule has 0 aliphatic carbocycles. The minimum absolute atomic E-state index is 0.394. The van der Waals surface area contributed by atoms with Gasteiger partial charge in [0.15, 0.2) is 0 Å². The van der Waals surface area contributed by atoms with Gasteiger partial charge in [-0.2, -0.15) is 0 Å². The van der Waals surface area contributed by atoms with Crippen LogP contribution in [0.5, 0.6) is 5.75 Å². The average Bonchev–Trinajstić information content (AvgIpc) is 2.51. The monoisotopic (exact) mass is 306 g/mol. The number of aliphatic hydroxyl groups excluding tert-OH is 1. The molecule has 1 aromatic rings. The Morgan fingerprint density at radius 2 is 2.00 bits per heavy atom. The number of hydrogen-bond acceptors (Lipinski definition) is 4. The second-order valence-electron chi connectivity index (χ2n) is 6.62. The maximum atomic E-state index is 10.5. The Morgan fingerprint density at radius 3 is 2.64 bits per heavy atom. The first-order valence-electron chi connectivity index (χ1n) is 8.40. The van der Waals surface area contributed by atoms with E-state index in [1.54, 1.807) is 0 Å². The van der Waals surface area contributed by atoms with Gasteiger partial charge in [-0.05, 0) is 42.5 Å². The standard InChI is InChI=1S/C18H30N2O2/c1-14(2)13-22-16-4-5-17(15(3)12-16)18(21)6-9-20-10-7-19-8-11-20/h4-5,12,14,18-19,21H,6-11,13H2,1-3H3. The highest BCUT2D eigenvalue weighted by atomic mass is 16.5. The fourth-order valence-electron chi connectivity index (χ4n) is 2.77. The van der Waals surface area contributed by atoms with Crippen molar-refractivity contribution >= 4 is 0 Å². The van der Waals surface area contributed by atoms with E-state index in [9.17, 15) is 5.11 Å². The van der Waals surface area contributed by atoms with Gasteiger partial charge in [-0.25, -0.2) is 0 Å². The smallest absolute Gasteiger partial charge is 0.119 e. The average molecular weight is 306 g/mol. The first-order valence-corrected chi connectivity index (χ1v) is 8.40. The zero-order valence-electron chi connectivity index (χ0n) is 14.1. The van der Waals surface area contributed by atoms with Crippen molar-refractivity contribution in [1.82, 2.24) is 10.2 Å². The van der Waals surface area contributed by atoms with Crippen molar-refractivity contribution in [2.24, 2.45) is 5.92 Å². The van der Waals surface area contributed by atoms with E-state index < -0.39 is 6.10 Å². The maximum absolute atomic E-state index is 10.5. The molecule has 1 aliphatic rings. The van der Waals surface area contributed by atoms with Gasteiger partial charge in [0.1, 0.15) is 5.75 Å². The van der Waals surface area contributed by atoms with Gasteiger partial charge in [-0.15, -0.1) is 0 Å². The first kappa shape index (κ1) is 17.3. The summed E-state index contributed by atoms with van der Waals surface area (Å²) in [6, 6.07) is 6.01. The van der Waals surface area contributed by atoms with Crippen LogP contribution in [-0.2, 0) is 0 Å². The first-order chi connectivity index (χ1) is 10.6. The molecule has 1 heterocycles. The molecular formula is C18H30N2O2. The molecule has 0 spiro atoms. The summed E-state index contributed by atoms with van der Waals surface area (Å²) in [7, 11) is 0. The van der Waals surface area contributed by atoms with Crippen molar-refractivity contribution in [3.63, 3.8) is 0 Å². The third-order valence-electron chi connectivity index (χ3n) is 4.11. The predicted molar refractivity (Wildman–Crippen MR) is 90.4 cm³/mol. The topological polar surface area (TPSA) is 44.7 Å². The normalized spacial score (nSPS) is 17.7. The molecule has 0 bridgehead atoms. The van der Waals surface area contributed by atoms with E-state index in [1.165, 1.54) is 0 Å². The van der Waals surface area contributed by atoms with Crippen LogP contribution in [0.3, 0.4) is 0 Å². The number of aryl methyl sites for hydroxylation is 1. The molecule has 0 amide bonds. The van der Waals surface area contributed by atoms with E-state index >= 15 is 0 Å². The van der Waals surface area contributed by atoms with Gasteiger partial charge < -0.3 is 20.1 Å². The molecule has 1 saturated heterocycles. The van der Waals surface area contributed by atoms with Gasteiger partial charge >= 0.3 is 0 Å². The van der Waals surface area contributed by atoms with E-state index in [-0.39, 0.29) is 0 Å². The van der Waals surface area contributed by atoms with Crippen LogP contribution in [0.1, 0.15) is 37.5 Å². The van der Waals surface area contributed by atoms with Crippen molar-refractivity contribution in [1.29, 1.82) is 0 Å². The molecule has 2 N–H and O–H groups in total. The number of piperazine rings is 1. The van der Waals surface area contributed by atoms with Gasteiger partial charge in [-0.3, -0.25) is 0 Å². The van der Waals surface area contributed by atoms with Crippen molar-refractivity contribution in [3.05, 3.63) is 29.3 Å². The summed E-state index contributed by atoms with van der Waals surface area (Å²) in [4.78, 5) is 2.41. The summed E-state index contributed by atoms with van der Waals surface area (Å²) >= 11 is 0. The summed E-state index contributed by atoms with van der Waals surface area (Å²) in [5.74, 6) is 1.41. The van der Waals surface area contributed by atoms with Crippen LogP contribution in [-0.4, -0.2) is 49.3 Å². The van der Waals surface area contributed by atoms with Crippen LogP contribution in [0.4, 0.5) is 0 Å². The summed E-state index contributed by atoms with van der Waals surface area (Å²) in [6.45, 7) is 12.3. The summed E-state index contributed by atoms with van der Waals surface area (Å²) < 4.78 is 5.74. The molecule has 0 saturated carbocycles. The van der Waals surface area contributed by atoms with Crippen LogP contribution in [0, 0.1) is 12.8 Å². The molecule has 124 valence electrons. The molecule has 1 unspecified atom stereocenters. The lowest BCUT2D eigenvalue weighted by atomic mass is 10.0. The number of rotatable bonds is 7. The van der Waals surface area contributed by atoms with E-state index in [2.05, 4.69) is 24.1 Å². The van der Waals surface area contributed by atoms with Crippen LogP contribution >= 0.6 is 0 Å². The SMILES string of the molecule is Cc1cc(OCC(C)C)ccc1C(O)CCN1CCNCC1. The van der Waals surface area contributed by atoms with Crippen LogP contribution in [0.25, 0.3) is 0 Å². The largest absolute Gasteiger partial charge is 0.493 e. The molecule has 2 rings (SSSR count). The zero-order valence-corrected chi connectivity index (χ0v) is 14.1. The number of nitrogens with zero attached hydrogens (tertiary/aromatic N) is 1. The number of hydrogen-bond donors (Lipinski definition) is 2. The lowest BCUT2D eigenvalue weighted by molar-refractivity contribution is 0.136. The van der Waals surface area contributed by atoms with Crippen molar-refractivity contribution in [2.45, 2.75) is 33.3 Å². The Kier molecular flexibility index (Phi) is 6.68. The number of nitrogens with one attached hydrogen (secondary N) is 1. The molecule has 0 radical (unpaired) electrons. The summed E-state index contributed by atoms with van der Waals surface area (Å²) in [6.07, 6.45) is 0.390. The molecule has 22 heavy (non-hydrogen) atoms. The lowest BCUT2D eigenvalue weighted by Gasteiger charge is -2.28. The Labute approximate surface area is 134 Å². The molecule has 0 aromatic heterocycles. The number of benzene rings is 1. The Balaban J connectivity index is 1.87. The van der Waals surface area contributed by atoms with Gasteiger partial charge in [-0.1, -0.05) is 19.9 Å². The van der Waals surface area contributed by atoms with E-state index in [0.717, 1.165) is 62.6 Å². The maximum Gasteiger partial charge on any atom is 0.119 e. The fourth-order valence-corrected chi connectivity index (χ4v) is 2.77. The van der Waals surface area contributed by atoms with E-state index in [1.807, 2.05) is 25.1 Å². The molecule has 1 fully saturated rings. The second-order valence-corrected chi connectivity index (χ2v) is 6.62. The van der Waals surface area contributed by atoms with Gasteiger partial charge in [0.2, 0.25) is 0 Å². The van der Waals surface area contributed by atoms with Crippen molar-refractivity contribution < 1.29 is 9.84 Å². The number of aliphatic hydroxyl groups is 1. The second kappa shape index (κ2) is 8.51.